The molecule has 1 aliphatic rings. The molecule has 0 atom stereocenters. The molecule has 0 radical (unpaired) electrons. The monoisotopic (exact) mass is 208 g/mol. The first-order valence-corrected chi connectivity index (χ1v) is 5.04. The van der Waals surface area contributed by atoms with E-state index in [9.17, 15) is 9.18 Å². The van der Waals surface area contributed by atoms with Crippen molar-refractivity contribution in [2.45, 2.75) is 6.42 Å². The maximum atomic E-state index is 13.5. The molecule has 1 amide bonds. The Morgan fingerprint density at radius 2 is 2.07 bits per heavy atom. The van der Waals surface area contributed by atoms with E-state index in [1.54, 1.807) is 18.2 Å². The zero-order valence-corrected chi connectivity index (χ0v) is 8.37. The maximum absolute atomic E-state index is 13.5. The zero-order valence-electron chi connectivity index (χ0n) is 8.37. The summed E-state index contributed by atoms with van der Waals surface area (Å²) in [4.78, 5) is 13.2. The minimum atomic E-state index is -0.340. The van der Waals surface area contributed by atoms with Gasteiger partial charge in [0, 0.05) is 26.1 Å². The molecule has 0 aromatic heterocycles. The van der Waals surface area contributed by atoms with Crippen LogP contribution in [-0.4, -0.2) is 25.5 Å². The van der Waals surface area contributed by atoms with Crippen LogP contribution in [0.15, 0.2) is 24.3 Å². The summed E-state index contributed by atoms with van der Waals surface area (Å²) in [6.45, 7) is 1.91. The predicted molar refractivity (Wildman–Crippen MR) is 56.2 cm³/mol. The molecule has 1 heterocycles. The van der Waals surface area contributed by atoms with Gasteiger partial charge in [-0.05, 0) is 12.1 Å². The number of hydrogen-bond acceptors (Lipinski definition) is 2. The fourth-order valence-corrected chi connectivity index (χ4v) is 1.70. The average Bonchev–Trinajstić information content (AvgIpc) is 2.44. The summed E-state index contributed by atoms with van der Waals surface area (Å²) in [5, 5.41) is 3.11. The van der Waals surface area contributed by atoms with E-state index >= 15 is 0 Å². The number of para-hydroxylation sites is 1. The SMILES string of the molecule is O=C1CCNCCN1c1ccccc1F. The number of rotatable bonds is 1. The van der Waals surface area contributed by atoms with Gasteiger partial charge in [-0.3, -0.25) is 4.79 Å². The molecule has 0 aliphatic carbocycles. The lowest BCUT2D eigenvalue weighted by Crippen LogP contribution is -2.32. The number of benzene rings is 1. The van der Waals surface area contributed by atoms with E-state index in [-0.39, 0.29) is 11.7 Å². The summed E-state index contributed by atoms with van der Waals surface area (Å²) in [5.41, 5.74) is 0.381. The van der Waals surface area contributed by atoms with Crippen LogP contribution in [0.2, 0.25) is 0 Å². The largest absolute Gasteiger partial charge is 0.314 e. The van der Waals surface area contributed by atoms with Gasteiger partial charge in [0.05, 0.1) is 5.69 Å². The van der Waals surface area contributed by atoms with Crippen molar-refractivity contribution in [2.24, 2.45) is 0 Å². The fourth-order valence-electron chi connectivity index (χ4n) is 1.70. The number of nitrogens with one attached hydrogen (secondary N) is 1. The molecule has 0 spiro atoms. The molecule has 0 saturated carbocycles. The Balaban J connectivity index is 2.28. The van der Waals surface area contributed by atoms with Gasteiger partial charge in [-0.1, -0.05) is 12.1 Å². The molecule has 1 aromatic carbocycles. The first kappa shape index (κ1) is 10.1. The summed E-state index contributed by atoms with van der Waals surface area (Å²) in [5.74, 6) is -0.363. The van der Waals surface area contributed by atoms with Crippen LogP contribution in [0.25, 0.3) is 0 Å². The lowest BCUT2D eigenvalue weighted by atomic mass is 10.2. The van der Waals surface area contributed by atoms with Crippen LogP contribution in [-0.2, 0) is 4.79 Å². The van der Waals surface area contributed by atoms with Gasteiger partial charge < -0.3 is 10.2 Å². The molecule has 3 nitrogen and oxygen atoms in total. The van der Waals surface area contributed by atoms with Gasteiger partial charge >= 0.3 is 0 Å². The van der Waals surface area contributed by atoms with E-state index in [1.807, 2.05) is 0 Å². The Hall–Kier alpha value is -1.42. The lowest BCUT2D eigenvalue weighted by molar-refractivity contribution is -0.118. The number of halogens is 1. The van der Waals surface area contributed by atoms with Gasteiger partial charge in [-0.15, -0.1) is 0 Å². The molecule has 15 heavy (non-hydrogen) atoms. The average molecular weight is 208 g/mol. The van der Waals surface area contributed by atoms with Crippen molar-refractivity contribution in [3.63, 3.8) is 0 Å². The Bertz CT molecular complexity index is 367. The van der Waals surface area contributed by atoms with Crippen LogP contribution in [0, 0.1) is 5.82 Å². The quantitative estimate of drug-likeness (QED) is 0.751. The molecule has 80 valence electrons. The second-order valence-corrected chi connectivity index (χ2v) is 3.50. The third-order valence-corrected chi connectivity index (χ3v) is 2.47. The van der Waals surface area contributed by atoms with Crippen molar-refractivity contribution in [1.82, 2.24) is 5.32 Å². The highest BCUT2D eigenvalue weighted by molar-refractivity contribution is 5.93. The number of carbonyl (C=O) groups excluding carboxylic acids is 1. The number of carbonyl (C=O) groups is 1. The third-order valence-electron chi connectivity index (χ3n) is 2.47. The van der Waals surface area contributed by atoms with E-state index in [0.29, 0.717) is 31.7 Å². The molecule has 1 saturated heterocycles. The highest BCUT2D eigenvalue weighted by Gasteiger charge is 2.19. The highest BCUT2D eigenvalue weighted by atomic mass is 19.1. The molecular weight excluding hydrogens is 195 g/mol. The summed E-state index contributed by atoms with van der Waals surface area (Å²) < 4.78 is 13.5. The van der Waals surface area contributed by atoms with Crippen molar-refractivity contribution in [3.05, 3.63) is 30.1 Å². The predicted octanol–water partition coefficient (Wildman–Crippen LogP) is 1.15. The molecule has 0 unspecified atom stereocenters. The second kappa shape index (κ2) is 4.40. The van der Waals surface area contributed by atoms with Gasteiger partial charge in [-0.2, -0.15) is 0 Å². The number of anilines is 1. The maximum Gasteiger partial charge on any atom is 0.228 e. The first-order chi connectivity index (χ1) is 7.29. The van der Waals surface area contributed by atoms with Gasteiger partial charge in [0.2, 0.25) is 5.91 Å². The molecule has 1 aromatic rings. The molecule has 2 rings (SSSR count). The van der Waals surface area contributed by atoms with E-state index in [0.717, 1.165) is 0 Å². The van der Waals surface area contributed by atoms with Crippen LogP contribution in [0.3, 0.4) is 0 Å². The number of amides is 1. The second-order valence-electron chi connectivity index (χ2n) is 3.50. The van der Waals surface area contributed by atoms with Crippen molar-refractivity contribution in [1.29, 1.82) is 0 Å². The lowest BCUT2D eigenvalue weighted by Gasteiger charge is -2.20. The molecule has 4 heteroatoms. The Labute approximate surface area is 87.9 Å². The normalized spacial score (nSPS) is 17.7. The Morgan fingerprint density at radius 1 is 1.27 bits per heavy atom. The molecule has 1 fully saturated rings. The smallest absolute Gasteiger partial charge is 0.228 e. The Kier molecular flexibility index (Phi) is 2.97. The van der Waals surface area contributed by atoms with E-state index in [1.165, 1.54) is 11.0 Å². The number of nitrogens with zero attached hydrogens (tertiary/aromatic N) is 1. The van der Waals surface area contributed by atoms with E-state index < -0.39 is 0 Å². The van der Waals surface area contributed by atoms with Gasteiger partial charge in [0.1, 0.15) is 5.82 Å². The van der Waals surface area contributed by atoms with Gasteiger partial charge in [0.15, 0.2) is 0 Å². The molecule has 1 N–H and O–H groups in total. The summed E-state index contributed by atoms with van der Waals surface area (Å²) in [6, 6.07) is 6.38. The molecule has 0 bridgehead atoms. The number of hydrogen-bond donors (Lipinski definition) is 1. The Morgan fingerprint density at radius 3 is 2.87 bits per heavy atom. The van der Waals surface area contributed by atoms with Gasteiger partial charge in [0.25, 0.3) is 0 Å². The standard InChI is InChI=1S/C11H13FN2O/c12-9-3-1-2-4-10(9)14-8-7-13-6-5-11(14)15/h1-4,13H,5-8H2. The van der Waals surface area contributed by atoms with E-state index in [2.05, 4.69) is 5.32 Å². The molecule has 1 aliphatic heterocycles. The highest BCUT2D eigenvalue weighted by Crippen LogP contribution is 2.19. The minimum absolute atomic E-state index is 0.0231. The van der Waals surface area contributed by atoms with E-state index in [4.69, 9.17) is 0 Å². The van der Waals surface area contributed by atoms with Crippen LogP contribution < -0.4 is 10.2 Å². The minimum Gasteiger partial charge on any atom is -0.314 e. The van der Waals surface area contributed by atoms with Crippen molar-refractivity contribution in [3.8, 4) is 0 Å². The van der Waals surface area contributed by atoms with Crippen LogP contribution in [0.1, 0.15) is 6.42 Å². The van der Waals surface area contributed by atoms with Crippen LogP contribution in [0.4, 0.5) is 10.1 Å². The summed E-state index contributed by atoms with van der Waals surface area (Å²) in [6.07, 6.45) is 0.425. The van der Waals surface area contributed by atoms with Crippen molar-refractivity contribution >= 4 is 11.6 Å². The molecular formula is C11H13FN2O. The summed E-state index contributed by atoms with van der Waals surface area (Å²) in [7, 11) is 0. The van der Waals surface area contributed by atoms with Gasteiger partial charge in [-0.25, -0.2) is 4.39 Å². The first-order valence-electron chi connectivity index (χ1n) is 5.04. The third kappa shape index (κ3) is 2.15. The zero-order chi connectivity index (χ0) is 10.7. The van der Waals surface area contributed by atoms with Crippen molar-refractivity contribution in [2.75, 3.05) is 24.5 Å². The van der Waals surface area contributed by atoms with Crippen LogP contribution in [0.5, 0.6) is 0 Å². The van der Waals surface area contributed by atoms with Crippen molar-refractivity contribution < 1.29 is 9.18 Å². The topological polar surface area (TPSA) is 32.3 Å². The summed E-state index contributed by atoms with van der Waals surface area (Å²) >= 11 is 0. The van der Waals surface area contributed by atoms with Crippen LogP contribution >= 0.6 is 0 Å². The fraction of sp³-hybridized carbons (Fsp3) is 0.364.